The van der Waals surface area contributed by atoms with Crippen molar-refractivity contribution in [2.24, 2.45) is 0 Å². The van der Waals surface area contributed by atoms with E-state index in [9.17, 15) is 21.6 Å². The lowest BCUT2D eigenvalue weighted by Crippen LogP contribution is -2.44. The standard InChI is InChI=1S/C15H16N2O5S2/c1-12-7-9-13(10-8-12)23(19,20)11-15(18)16-17-24(21,22)14-5-3-2-4-6-14/h2-10,17H,11H2,1H3,(H,16,18). The van der Waals surface area contributed by atoms with Gasteiger partial charge in [0.1, 0.15) is 5.75 Å². The maximum atomic E-state index is 12.1. The van der Waals surface area contributed by atoms with Crippen molar-refractivity contribution in [2.45, 2.75) is 16.7 Å². The molecule has 0 bridgehead atoms. The highest BCUT2D eigenvalue weighted by molar-refractivity contribution is 7.92. The van der Waals surface area contributed by atoms with Crippen LogP contribution in [0.1, 0.15) is 5.56 Å². The summed E-state index contributed by atoms with van der Waals surface area (Å²) in [5, 5.41) is 0. The topological polar surface area (TPSA) is 109 Å². The first-order valence-electron chi connectivity index (χ1n) is 6.86. The predicted molar refractivity (Wildman–Crippen MR) is 88.1 cm³/mol. The first-order valence-corrected chi connectivity index (χ1v) is 9.99. The van der Waals surface area contributed by atoms with E-state index in [-0.39, 0.29) is 9.79 Å². The number of nitrogens with one attached hydrogen (secondary N) is 2. The molecule has 1 amide bonds. The Bertz CT molecular complexity index is 922. The van der Waals surface area contributed by atoms with Crippen LogP contribution in [-0.2, 0) is 24.7 Å². The van der Waals surface area contributed by atoms with Crippen molar-refractivity contribution < 1.29 is 21.6 Å². The van der Waals surface area contributed by atoms with Gasteiger partial charge in [-0.3, -0.25) is 10.2 Å². The van der Waals surface area contributed by atoms with E-state index < -0.39 is 31.5 Å². The third kappa shape index (κ3) is 4.63. The third-order valence-corrected chi connectivity index (χ3v) is 5.98. The molecule has 0 fully saturated rings. The van der Waals surface area contributed by atoms with Crippen molar-refractivity contribution in [1.29, 1.82) is 0 Å². The van der Waals surface area contributed by atoms with Crippen molar-refractivity contribution in [1.82, 2.24) is 10.3 Å². The molecule has 0 aliphatic carbocycles. The first kappa shape index (κ1) is 18.1. The van der Waals surface area contributed by atoms with Gasteiger partial charge in [-0.2, -0.15) is 0 Å². The van der Waals surface area contributed by atoms with Crippen molar-refractivity contribution in [2.75, 3.05) is 5.75 Å². The summed E-state index contributed by atoms with van der Waals surface area (Å²) in [6, 6.07) is 13.4. The van der Waals surface area contributed by atoms with Gasteiger partial charge in [-0.25, -0.2) is 16.8 Å². The Kier molecular flexibility index (Phi) is 5.37. The van der Waals surface area contributed by atoms with E-state index in [4.69, 9.17) is 0 Å². The molecule has 0 aliphatic rings. The van der Waals surface area contributed by atoms with Crippen LogP contribution in [0.4, 0.5) is 0 Å². The molecule has 128 valence electrons. The van der Waals surface area contributed by atoms with Crippen LogP contribution >= 0.6 is 0 Å². The van der Waals surface area contributed by atoms with Gasteiger partial charge in [-0.05, 0) is 31.2 Å². The van der Waals surface area contributed by atoms with E-state index in [0.29, 0.717) is 0 Å². The highest BCUT2D eigenvalue weighted by Crippen LogP contribution is 2.12. The van der Waals surface area contributed by atoms with E-state index >= 15 is 0 Å². The summed E-state index contributed by atoms with van der Waals surface area (Å²) in [4.78, 5) is 13.6. The van der Waals surface area contributed by atoms with E-state index in [1.165, 1.54) is 36.4 Å². The second-order valence-electron chi connectivity index (χ2n) is 5.04. The average Bonchev–Trinajstić information content (AvgIpc) is 2.54. The minimum Gasteiger partial charge on any atom is -0.277 e. The molecule has 0 aromatic heterocycles. The number of carbonyl (C=O) groups excluding carboxylic acids is 1. The van der Waals surface area contributed by atoms with E-state index in [2.05, 4.69) is 0 Å². The van der Waals surface area contributed by atoms with Crippen LogP contribution in [0.2, 0.25) is 0 Å². The lowest BCUT2D eigenvalue weighted by atomic mass is 10.2. The molecular formula is C15H16N2O5S2. The van der Waals surface area contributed by atoms with Gasteiger partial charge in [-0.1, -0.05) is 35.9 Å². The highest BCUT2D eigenvalue weighted by Gasteiger charge is 2.21. The van der Waals surface area contributed by atoms with Gasteiger partial charge in [0.05, 0.1) is 9.79 Å². The molecule has 2 aromatic rings. The zero-order valence-corrected chi connectivity index (χ0v) is 14.4. The maximum absolute atomic E-state index is 12.1. The zero-order chi connectivity index (χ0) is 17.8. The van der Waals surface area contributed by atoms with Crippen LogP contribution in [0, 0.1) is 6.92 Å². The molecule has 0 unspecified atom stereocenters. The Labute approximate surface area is 140 Å². The van der Waals surface area contributed by atoms with E-state index in [1.807, 2.05) is 17.2 Å². The molecule has 24 heavy (non-hydrogen) atoms. The van der Waals surface area contributed by atoms with Gasteiger partial charge >= 0.3 is 0 Å². The molecule has 0 radical (unpaired) electrons. The third-order valence-electron chi connectivity index (χ3n) is 3.08. The molecule has 9 heteroatoms. The molecule has 0 spiro atoms. The number of aryl methyl sites for hydroxylation is 1. The smallest absolute Gasteiger partial charge is 0.257 e. The number of hydrazine groups is 1. The molecular weight excluding hydrogens is 352 g/mol. The summed E-state index contributed by atoms with van der Waals surface area (Å²) in [6.45, 7) is 1.81. The van der Waals surface area contributed by atoms with E-state index in [0.717, 1.165) is 5.56 Å². The SMILES string of the molecule is Cc1ccc(S(=O)(=O)CC(=O)NNS(=O)(=O)c2ccccc2)cc1. The summed E-state index contributed by atoms with van der Waals surface area (Å²) in [5.41, 5.74) is 2.79. The fraction of sp³-hybridized carbons (Fsp3) is 0.133. The fourth-order valence-corrected chi connectivity index (χ4v) is 3.84. The van der Waals surface area contributed by atoms with Crippen LogP contribution in [-0.4, -0.2) is 28.5 Å². The van der Waals surface area contributed by atoms with Crippen molar-refractivity contribution >= 4 is 25.8 Å². The Morgan fingerprint density at radius 3 is 2.04 bits per heavy atom. The lowest BCUT2D eigenvalue weighted by molar-refractivity contribution is -0.119. The normalized spacial score (nSPS) is 11.9. The summed E-state index contributed by atoms with van der Waals surface area (Å²) in [6.07, 6.45) is 0. The molecule has 0 saturated carbocycles. The van der Waals surface area contributed by atoms with Gasteiger partial charge in [0.15, 0.2) is 9.84 Å². The van der Waals surface area contributed by atoms with Crippen LogP contribution in [0.3, 0.4) is 0 Å². The summed E-state index contributed by atoms with van der Waals surface area (Å²) < 4.78 is 48.1. The number of benzene rings is 2. The first-order chi connectivity index (χ1) is 11.2. The fourth-order valence-electron chi connectivity index (χ4n) is 1.82. The van der Waals surface area contributed by atoms with Gasteiger partial charge in [0.25, 0.3) is 15.9 Å². The van der Waals surface area contributed by atoms with Crippen LogP contribution in [0.15, 0.2) is 64.4 Å². The number of carbonyl (C=O) groups is 1. The lowest BCUT2D eigenvalue weighted by Gasteiger charge is -2.09. The maximum Gasteiger partial charge on any atom is 0.257 e. The second-order valence-corrected chi connectivity index (χ2v) is 8.71. The highest BCUT2D eigenvalue weighted by atomic mass is 32.2. The molecule has 2 rings (SSSR count). The zero-order valence-electron chi connectivity index (χ0n) is 12.8. The molecule has 2 aromatic carbocycles. The number of rotatable bonds is 6. The molecule has 0 heterocycles. The molecule has 0 aliphatic heterocycles. The number of amides is 1. The Morgan fingerprint density at radius 1 is 0.875 bits per heavy atom. The quantitative estimate of drug-likeness (QED) is 0.732. The second kappa shape index (κ2) is 7.12. The van der Waals surface area contributed by atoms with Crippen molar-refractivity contribution in [3.8, 4) is 0 Å². The molecule has 2 N–H and O–H groups in total. The van der Waals surface area contributed by atoms with Crippen molar-refractivity contribution in [3.63, 3.8) is 0 Å². The Hall–Kier alpha value is -2.23. The monoisotopic (exact) mass is 368 g/mol. The van der Waals surface area contributed by atoms with Crippen LogP contribution in [0.5, 0.6) is 0 Å². The summed E-state index contributed by atoms with van der Waals surface area (Å²) >= 11 is 0. The predicted octanol–water partition coefficient (Wildman–Crippen LogP) is 0.778. The Morgan fingerprint density at radius 2 is 1.46 bits per heavy atom. The minimum absolute atomic E-state index is 0.00540. The van der Waals surface area contributed by atoms with Gasteiger partial charge in [0.2, 0.25) is 0 Å². The van der Waals surface area contributed by atoms with E-state index in [1.54, 1.807) is 18.2 Å². The molecule has 0 saturated heterocycles. The minimum atomic E-state index is -3.96. The average molecular weight is 368 g/mol. The largest absolute Gasteiger partial charge is 0.277 e. The van der Waals surface area contributed by atoms with Gasteiger partial charge < -0.3 is 0 Å². The Balaban J connectivity index is 2.02. The number of hydrogen-bond acceptors (Lipinski definition) is 5. The number of sulfone groups is 1. The summed E-state index contributed by atoms with van der Waals surface area (Å²) in [5.74, 6) is -1.84. The van der Waals surface area contributed by atoms with Crippen LogP contribution in [0.25, 0.3) is 0 Å². The number of sulfonamides is 1. The van der Waals surface area contributed by atoms with Gasteiger partial charge in [-0.15, -0.1) is 4.83 Å². The summed E-state index contributed by atoms with van der Waals surface area (Å²) in [7, 11) is -7.81. The van der Waals surface area contributed by atoms with Crippen molar-refractivity contribution in [3.05, 3.63) is 60.2 Å². The molecule has 7 nitrogen and oxygen atoms in total. The van der Waals surface area contributed by atoms with Crippen LogP contribution < -0.4 is 10.3 Å². The number of hydrogen-bond donors (Lipinski definition) is 2. The molecule has 0 atom stereocenters. The van der Waals surface area contributed by atoms with Gasteiger partial charge in [0, 0.05) is 0 Å².